The van der Waals surface area contributed by atoms with Crippen LogP contribution in [0.2, 0.25) is 0 Å². The topological polar surface area (TPSA) is 26.3 Å². The number of rotatable bonds is 3. The molecule has 0 saturated carbocycles. The number of ether oxygens (including phenoxy) is 1. The highest BCUT2D eigenvalue weighted by Gasteiger charge is 2.26. The van der Waals surface area contributed by atoms with E-state index in [2.05, 4.69) is 19.9 Å². The van der Waals surface area contributed by atoms with Gasteiger partial charge in [0.1, 0.15) is 12.0 Å². The number of carbonyl (C=O) groups is 1. The third-order valence-electron chi connectivity index (χ3n) is 3.09. The van der Waals surface area contributed by atoms with E-state index in [0.717, 1.165) is 18.4 Å². The zero-order valence-corrected chi connectivity index (χ0v) is 10.4. The summed E-state index contributed by atoms with van der Waals surface area (Å²) in [4.78, 5) is 11.1. The first-order valence-electron chi connectivity index (χ1n) is 5.46. The van der Waals surface area contributed by atoms with Crippen molar-refractivity contribution in [3.05, 3.63) is 11.6 Å². The molecule has 0 aromatic heterocycles. The second-order valence-corrected chi connectivity index (χ2v) is 4.80. The minimum absolute atomic E-state index is 0.0580. The Bertz CT molecular complexity index is 258. The third kappa shape index (κ3) is 3.53. The van der Waals surface area contributed by atoms with E-state index in [1.165, 1.54) is 0 Å². The molecule has 1 rings (SSSR count). The molecule has 0 aromatic carbocycles. The minimum atomic E-state index is -0.321. The first-order chi connectivity index (χ1) is 7.04. The van der Waals surface area contributed by atoms with Gasteiger partial charge in [0.2, 0.25) is 0 Å². The Labute approximate surface area is 96.6 Å². The van der Waals surface area contributed by atoms with Gasteiger partial charge in [0.15, 0.2) is 0 Å². The lowest BCUT2D eigenvalue weighted by Crippen LogP contribution is -2.28. The molecule has 0 radical (unpaired) electrons. The van der Waals surface area contributed by atoms with Gasteiger partial charge in [-0.15, -0.1) is 11.6 Å². The van der Waals surface area contributed by atoms with Crippen LogP contribution in [0.15, 0.2) is 11.6 Å². The van der Waals surface area contributed by atoms with Crippen molar-refractivity contribution in [2.75, 3.05) is 5.88 Å². The Kier molecular flexibility index (Phi) is 4.65. The van der Waals surface area contributed by atoms with Crippen molar-refractivity contribution < 1.29 is 9.53 Å². The summed E-state index contributed by atoms with van der Waals surface area (Å²) in [5.41, 5.74) is 1.16. The van der Waals surface area contributed by atoms with Crippen molar-refractivity contribution in [1.29, 1.82) is 0 Å². The molecule has 0 saturated heterocycles. The summed E-state index contributed by atoms with van der Waals surface area (Å²) in [5, 5.41) is 0. The summed E-state index contributed by atoms with van der Waals surface area (Å²) in [6, 6.07) is 0. The van der Waals surface area contributed by atoms with Gasteiger partial charge in [-0.05, 0) is 37.2 Å². The van der Waals surface area contributed by atoms with Gasteiger partial charge in [-0.25, -0.2) is 0 Å². The molecule has 1 aliphatic carbocycles. The Morgan fingerprint density at radius 3 is 2.87 bits per heavy atom. The number of hydrogen-bond donors (Lipinski definition) is 0. The predicted octanol–water partition coefficient (Wildman–Crippen LogP) is 3.15. The molecule has 0 aliphatic heterocycles. The van der Waals surface area contributed by atoms with Crippen LogP contribution < -0.4 is 0 Å². The maximum Gasteiger partial charge on any atom is 0.321 e. The van der Waals surface area contributed by atoms with Crippen molar-refractivity contribution >= 4 is 17.6 Å². The molecule has 2 unspecified atom stereocenters. The van der Waals surface area contributed by atoms with E-state index in [1.807, 2.05) is 6.92 Å². The monoisotopic (exact) mass is 230 g/mol. The van der Waals surface area contributed by atoms with Gasteiger partial charge in [-0.1, -0.05) is 19.9 Å². The first-order valence-corrected chi connectivity index (χ1v) is 6.00. The molecule has 0 aromatic rings. The van der Waals surface area contributed by atoms with Gasteiger partial charge in [0.05, 0.1) is 0 Å². The van der Waals surface area contributed by atoms with Crippen molar-refractivity contribution in [3.8, 4) is 0 Å². The quantitative estimate of drug-likeness (QED) is 0.423. The van der Waals surface area contributed by atoms with Crippen molar-refractivity contribution in [2.24, 2.45) is 11.8 Å². The molecule has 0 spiro atoms. The molecule has 0 N–H and O–H groups in total. The number of esters is 1. The minimum Gasteiger partial charge on any atom is -0.457 e. The maximum absolute atomic E-state index is 11.1. The third-order valence-corrected chi connectivity index (χ3v) is 3.31. The molecule has 2 nitrogen and oxygen atoms in total. The van der Waals surface area contributed by atoms with Crippen LogP contribution >= 0.6 is 11.6 Å². The summed E-state index contributed by atoms with van der Waals surface area (Å²) < 4.78 is 5.29. The fourth-order valence-corrected chi connectivity index (χ4v) is 1.96. The molecule has 0 heterocycles. The van der Waals surface area contributed by atoms with E-state index in [1.54, 1.807) is 0 Å². The highest BCUT2D eigenvalue weighted by Crippen LogP contribution is 2.31. The van der Waals surface area contributed by atoms with Crippen LogP contribution in [-0.4, -0.2) is 18.0 Å². The van der Waals surface area contributed by atoms with Crippen molar-refractivity contribution in [1.82, 2.24) is 0 Å². The van der Waals surface area contributed by atoms with Crippen LogP contribution in [0.4, 0.5) is 0 Å². The van der Waals surface area contributed by atoms with Crippen LogP contribution in [-0.2, 0) is 9.53 Å². The van der Waals surface area contributed by atoms with E-state index >= 15 is 0 Å². The molecule has 2 atom stereocenters. The van der Waals surface area contributed by atoms with E-state index in [0.29, 0.717) is 11.8 Å². The van der Waals surface area contributed by atoms with Gasteiger partial charge in [0.25, 0.3) is 0 Å². The maximum atomic E-state index is 11.1. The number of allylic oxidation sites excluding steroid dienone is 1. The lowest BCUT2D eigenvalue weighted by molar-refractivity contribution is -0.145. The summed E-state index contributed by atoms with van der Waals surface area (Å²) in [6.45, 7) is 6.43. The predicted molar refractivity (Wildman–Crippen MR) is 61.9 cm³/mol. The Morgan fingerprint density at radius 1 is 1.67 bits per heavy atom. The Balaban J connectivity index is 2.59. The lowest BCUT2D eigenvalue weighted by atomic mass is 9.81. The molecule has 0 bridgehead atoms. The normalized spacial score (nSPS) is 26.3. The first kappa shape index (κ1) is 12.6. The van der Waals surface area contributed by atoms with Crippen LogP contribution in [0.5, 0.6) is 0 Å². The molecule has 0 amide bonds. The van der Waals surface area contributed by atoms with E-state index in [4.69, 9.17) is 16.3 Å². The summed E-state index contributed by atoms with van der Waals surface area (Å²) >= 11 is 5.42. The van der Waals surface area contributed by atoms with Crippen molar-refractivity contribution in [2.45, 2.75) is 39.7 Å². The van der Waals surface area contributed by atoms with Gasteiger partial charge in [-0.2, -0.15) is 0 Å². The van der Waals surface area contributed by atoms with Crippen LogP contribution in [0.1, 0.15) is 33.6 Å². The van der Waals surface area contributed by atoms with Gasteiger partial charge >= 0.3 is 5.97 Å². The molecule has 0 fully saturated rings. The van der Waals surface area contributed by atoms with Gasteiger partial charge < -0.3 is 4.74 Å². The molecule has 3 heteroatoms. The molecule has 86 valence electrons. The highest BCUT2D eigenvalue weighted by atomic mass is 35.5. The lowest BCUT2D eigenvalue weighted by Gasteiger charge is -2.30. The Morgan fingerprint density at radius 2 is 2.33 bits per heavy atom. The standard InChI is InChI=1S/C12H19ClO2/c1-8(2)10-5-4-9(3)11(6-10)15-12(14)7-13/h4,8,10-11H,5-7H2,1-3H3. The van der Waals surface area contributed by atoms with Gasteiger partial charge in [0, 0.05) is 0 Å². The number of hydrogen-bond acceptors (Lipinski definition) is 2. The SMILES string of the molecule is CC1=CCC(C(C)C)CC1OC(=O)CCl. The highest BCUT2D eigenvalue weighted by molar-refractivity contribution is 6.26. The largest absolute Gasteiger partial charge is 0.457 e. The summed E-state index contributed by atoms with van der Waals surface area (Å²) in [6.07, 6.45) is 4.15. The smallest absolute Gasteiger partial charge is 0.321 e. The number of halogens is 1. The fourth-order valence-electron chi connectivity index (χ4n) is 1.90. The zero-order chi connectivity index (χ0) is 11.4. The zero-order valence-electron chi connectivity index (χ0n) is 9.63. The fraction of sp³-hybridized carbons (Fsp3) is 0.750. The van der Waals surface area contributed by atoms with Gasteiger partial charge in [-0.3, -0.25) is 4.79 Å². The van der Waals surface area contributed by atoms with Crippen LogP contribution in [0, 0.1) is 11.8 Å². The second-order valence-electron chi connectivity index (χ2n) is 4.54. The summed E-state index contributed by atoms with van der Waals surface area (Å²) in [5.74, 6) is 0.864. The molecular formula is C12H19ClO2. The van der Waals surface area contributed by atoms with E-state index < -0.39 is 0 Å². The van der Waals surface area contributed by atoms with Crippen LogP contribution in [0.25, 0.3) is 0 Å². The van der Waals surface area contributed by atoms with E-state index in [-0.39, 0.29) is 18.0 Å². The number of carbonyl (C=O) groups excluding carboxylic acids is 1. The number of alkyl halides is 1. The summed E-state index contributed by atoms with van der Waals surface area (Å²) in [7, 11) is 0. The Hall–Kier alpha value is -0.500. The van der Waals surface area contributed by atoms with E-state index in [9.17, 15) is 4.79 Å². The molecule has 1 aliphatic rings. The molecular weight excluding hydrogens is 212 g/mol. The average molecular weight is 231 g/mol. The average Bonchev–Trinajstić information content (AvgIpc) is 2.20. The molecule has 15 heavy (non-hydrogen) atoms. The van der Waals surface area contributed by atoms with Crippen molar-refractivity contribution in [3.63, 3.8) is 0 Å². The van der Waals surface area contributed by atoms with Crippen LogP contribution in [0.3, 0.4) is 0 Å². The second kappa shape index (κ2) is 5.55.